The van der Waals surface area contributed by atoms with Gasteiger partial charge < -0.3 is 10.6 Å². The summed E-state index contributed by atoms with van der Waals surface area (Å²) in [4.78, 5) is 16.3. The lowest BCUT2D eigenvalue weighted by atomic mass is 10.1. The van der Waals surface area contributed by atoms with E-state index in [1.807, 2.05) is 0 Å². The van der Waals surface area contributed by atoms with Crippen LogP contribution in [-0.4, -0.2) is 43.4 Å². The van der Waals surface area contributed by atoms with Gasteiger partial charge in [-0.05, 0) is 36.6 Å². The topological polar surface area (TPSA) is 88.2 Å². The summed E-state index contributed by atoms with van der Waals surface area (Å²) in [6.07, 6.45) is 2.43. The van der Waals surface area contributed by atoms with Crippen LogP contribution in [0.2, 0.25) is 0 Å². The standard InChI is InChI=1S/C18H20FN3O3S/c19-16-4-2-1-3-13(16)5-8-21-18(23)17-11-14(6-9-20-17)22-15-7-10-26(24,25)12-15/h1-4,6,9,11,15H,5,7-8,10,12H2,(H,20,22)(H,21,23). The van der Waals surface area contributed by atoms with E-state index in [4.69, 9.17) is 0 Å². The molecular weight excluding hydrogens is 357 g/mol. The number of halogens is 1. The number of aromatic nitrogens is 1. The highest BCUT2D eigenvalue weighted by Crippen LogP contribution is 2.17. The van der Waals surface area contributed by atoms with E-state index in [0.717, 1.165) is 0 Å². The first-order valence-electron chi connectivity index (χ1n) is 8.37. The summed E-state index contributed by atoms with van der Waals surface area (Å²) in [5.74, 6) is -0.375. The van der Waals surface area contributed by atoms with Crippen LogP contribution in [0.5, 0.6) is 0 Å². The van der Waals surface area contributed by atoms with Crippen molar-refractivity contribution in [3.63, 3.8) is 0 Å². The van der Waals surface area contributed by atoms with Gasteiger partial charge in [0.2, 0.25) is 0 Å². The van der Waals surface area contributed by atoms with Gasteiger partial charge in [0, 0.05) is 24.5 Å². The van der Waals surface area contributed by atoms with E-state index in [-0.39, 0.29) is 35.0 Å². The lowest BCUT2D eigenvalue weighted by Gasteiger charge is -2.13. The maximum Gasteiger partial charge on any atom is 0.269 e. The second-order valence-corrected chi connectivity index (χ2v) is 8.50. The number of hydrogen-bond donors (Lipinski definition) is 2. The Kier molecular flexibility index (Phi) is 5.51. The minimum absolute atomic E-state index is 0.0967. The number of amides is 1. The van der Waals surface area contributed by atoms with Gasteiger partial charge in [-0.3, -0.25) is 9.78 Å². The zero-order chi connectivity index (χ0) is 18.6. The third kappa shape index (κ3) is 4.78. The van der Waals surface area contributed by atoms with E-state index < -0.39 is 9.84 Å². The van der Waals surface area contributed by atoms with Crippen molar-refractivity contribution in [3.8, 4) is 0 Å². The number of nitrogens with zero attached hydrogens (tertiary/aromatic N) is 1. The van der Waals surface area contributed by atoms with E-state index in [2.05, 4.69) is 15.6 Å². The fourth-order valence-corrected chi connectivity index (χ4v) is 4.56. The molecule has 0 aliphatic carbocycles. The Morgan fingerprint density at radius 3 is 2.81 bits per heavy atom. The number of sulfone groups is 1. The van der Waals surface area contributed by atoms with Crippen molar-refractivity contribution in [3.05, 3.63) is 59.7 Å². The van der Waals surface area contributed by atoms with E-state index in [0.29, 0.717) is 30.6 Å². The van der Waals surface area contributed by atoms with Crippen molar-refractivity contribution in [2.45, 2.75) is 18.9 Å². The van der Waals surface area contributed by atoms with Gasteiger partial charge in [-0.25, -0.2) is 12.8 Å². The average Bonchev–Trinajstić information content (AvgIpc) is 2.95. The molecule has 138 valence electrons. The van der Waals surface area contributed by atoms with Gasteiger partial charge >= 0.3 is 0 Å². The Morgan fingerprint density at radius 1 is 1.27 bits per heavy atom. The predicted octanol–water partition coefficient (Wildman–Crippen LogP) is 1.79. The first kappa shape index (κ1) is 18.3. The molecule has 1 atom stereocenters. The molecule has 1 saturated heterocycles. The molecule has 1 amide bonds. The summed E-state index contributed by atoms with van der Waals surface area (Å²) < 4.78 is 36.6. The minimum atomic E-state index is -2.97. The maximum absolute atomic E-state index is 13.6. The van der Waals surface area contributed by atoms with Crippen LogP contribution in [0, 0.1) is 5.82 Å². The Bertz CT molecular complexity index is 902. The summed E-state index contributed by atoms with van der Waals surface area (Å²) in [5.41, 5.74) is 1.42. The van der Waals surface area contributed by atoms with Crippen molar-refractivity contribution >= 4 is 21.4 Å². The van der Waals surface area contributed by atoms with Gasteiger partial charge in [-0.15, -0.1) is 0 Å². The average molecular weight is 377 g/mol. The smallest absolute Gasteiger partial charge is 0.269 e. The Balaban J connectivity index is 1.55. The number of pyridine rings is 1. The molecule has 3 rings (SSSR count). The summed E-state index contributed by atoms with van der Waals surface area (Å²) in [6, 6.07) is 9.57. The molecule has 1 unspecified atom stereocenters. The molecule has 8 heteroatoms. The van der Waals surface area contributed by atoms with Crippen LogP contribution in [0.25, 0.3) is 0 Å². The molecule has 0 spiro atoms. The quantitative estimate of drug-likeness (QED) is 0.801. The summed E-state index contributed by atoms with van der Waals surface area (Å²) in [7, 11) is -2.97. The number of rotatable bonds is 6. The second kappa shape index (κ2) is 7.82. The first-order chi connectivity index (χ1) is 12.4. The lowest BCUT2D eigenvalue weighted by Crippen LogP contribution is -2.27. The van der Waals surface area contributed by atoms with Crippen molar-refractivity contribution in [1.29, 1.82) is 0 Å². The van der Waals surface area contributed by atoms with Crippen LogP contribution in [-0.2, 0) is 16.3 Å². The molecule has 1 aliphatic rings. The van der Waals surface area contributed by atoms with E-state index in [1.54, 1.807) is 30.3 Å². The van der Waals surface area contributed by atoms with E-state index >= 15 is 0 Å². The first-order valence-corrected chi connectivity index (χ1v) is 10.2. The van der Waals surface area contributed by atoms with E-state index in [9.17, 15) is 17.6 Å². The molecule has 6 nitrogen and oxygen atoms in total. The second-order valence-electron chi connectivity index (χ2n) is 6.27. The fraction of sp³-hybridized carbons (Fsp3) is 0.333. The molecular formula is C18H20FN3O3S. The zero-order valence-electron chi connectivity index (χ0n) is 14.1. The lowest BCUT2D eigenvalue weighted by molar-refractivity contribution is 0.0949. The largest absolute Gasteiger partial charge is 0.381 e. The van der Waals surface area contributed by atoms with Gasteiger partial charge in [0.1, 0.15) is 11.5 Å². The van der Waals surface area contributed by atoms with Gasteiger partial charge in [0.15, 0.2) is 9.84 Å². The molecule has 2 N–H and O–H groups in total. The summed E-state index contributed by atoms with van der Waals surface area (Å²) >= 11 is 0. The molecule has 1 fully saturated rings. The van der Waals surface area contributed by atoms with Crippen LogP contribution >= 0.6 is 0 Å². The maximum atomic E-state index is 13.6. The Labute approximate surface area is 151 Å². The molecule has 1 aromatic heterocycles. The minimum Gasteiger partial charge on any atom is -0.381 e. The molecule has 2 aromatic rings. The SMILES string of the molecule is O=C(NCCc1ccccc1F)c1cc(NC2CCS(=O)(=O)C2)ccn1. The van der Waals surface area contributed by atoms with Gasteiger partial charge in [0.05, 0.1) is 11.5 Å². The number of nitrogens with one attached hydrogen (secondary N) is 2. The van der Waals surface area contributed by atoms with Gasteiger partial charge in [-0.1, -0.05) is 18.2 Å². The third-order valence-corrected chi connectivity index (χ3v) is 6.00. The Hall–Kier alpha value is -2.48. The monoisotopic (exact) mass is 377 g/mol. The summed E-state index contributed by atoms with van der Waals surface area (Å²) in [6.45, 7) is 0.292. The number of hydrogen-bond acceptors (Lipinski definition) is 5. The van der Waals surface area contributed by atoms with Crippen molar-refractivity contribution in [2.24, 2.45) is 0 Å². The molecule has 26 heavy (non-hydrogen) atoms. The van der Waals surface area contributed by atoms with Crippen molar-refractivity contribution < 1.29 is 17.6 Å². The third-order valence-electron chi connectivity index (χ3n) is 4.23. The summed E-state index contributed by atoms with van der Waals surface area (Å²) in [5, 5.41) is 5.85. The van der Waals surface area contributed by atoms with Crippen LogP contribution in [0.4, 0.5) is 10.1 Å². The number of carbonyl (C=O) groups excluding carboxylic acids is 1. The molecule has 0 saturated carbocycles. The van der Waals surface area contributed by atoms with Crippen molar-refractivity contribution in [1.82, 2.24) is 10.3 Å². The Morgan fingerprint density at radius 2 is 2.08 bits per heavy atom. The number of benzene rings is 1. The van der Waals surface area contributed by atoms with Crippen LogP contribution in [0.3, 0.4) is 0 Å². The fourth-order valence-electron chi connectivity index (χ4n) is 2.89. The molecule has 0 radical (unpaired) electrons. The van der Waals surface area contributed by atoms with E-state index in [1.165, 1.54) is 12.3 Å². The van der Waals surface area contributed by atoms with Crippen LogP contribution in [0.15, 0.2) is 42.6 Å². The van der Waals surface area contributed by atoms with Gasteiger partial charge in [0.25, 0.3) is 5.91 Å². The molecule has 2 heterocycles. The normalized spacial score (nSPS) is 18.4. The highest BCUT2D eigenvalue weighted by atomic mass is 32.2. The van der Waals surface area contributed by atoms with Gasteiger partial charge in [-0.2, -0.15) is 0 Å². The predicted molar refractivity (Wildman–Crippen MR) is 97.4 cm³/mol. The van der Waals surface area contributed by atoms with Crippen LogP contribution in [0.1, 0.15) is 22.5 Å². The highest BCUT2D eigenvalue weighted by molar-refractivity contribution is 7.91. The molecule has 0 bridgehead atoms. The number of anilines is 1. The molecule has 1 aliphatic heterocycles. The van der Waals surface area contributed by atoms with Crippen LogP contribution < -0.4 is 10.6 Å². The number of carbonyl (C=O) groups is 1. The zero-order valence-corrected chi connectivity index (χ0v) is 14.9. The molecule has 1 aromatic carbocycles. The van der Waals surface area contributed by atoms with Crippen molar-refractivity contribution in [2.75, 3.05) is 23.4 Å². The highest BCUT2D eigenvalue weighted by Gasteiger charge is 2.27.